The van der Waals surface area contributed by atoms with Gasteiger partial charge in [0.15, 0.2) is 0 Å². The molecule has 2 heterocycles. The first-order chi connectivity index (χ1) is 10.3. The van der Waals surface area contributed by atoms with Crippen molar-refractivity contribution in [3.8, 4) is 5.75 Å². The molecule has 1 aromatic heterocycles. The number of aliphatic hydroxyl groups excluding tert-OH is 1. The zero-order valence-electron chi connectivity index (χ0n) is 12.6. The monoisotopic (exact) mass is 306 g/mol. The van der Waals surface area contributed by atoms with E-state index >= 15 is 0 Å². The normalized spacial score (nSPS) is 21.7. The van der Waals surface area contributed by atoms with Crippen molar-refractivity contribution in [1.29, 1.82) is 0 Å². The average molecular weight is 306 g/mol. The summed E-state index contributed by atoms with van der Waals surface area (Å²) in [5, 5.41) is 26.4. The summed E-state index contributed by atoms with van der Waals surface area (Å²) in [7, 11) is 0. The highest BCUT2D eigenvalue weighted by Crippen LogP contribution is 2.24. The summed E-state index contributed by atoms with van der Waals surface area (Å²) in [5.74, 6) is -0.618. The number of amides is 3. The molecule has 0 aliphatic carbocycles. The van der Waals surface area contributed by atoms with E-state index in [1.807, 2.05) is 0 Å². The van der Waals surface area contributed by atoms with Crippen LogP contribution >= 0.6 is 0 Å². The third kappa shape index (κ3) is 2.52. The zero-order valence-corrected chi connectivity index (χ0v) is 12.6. The number of nitrogens with one attached hydrogen (secondary N) is 1. The Morgan fingerprint density at radius 1 is 1.50 bits per heavy atom. The average Bonchev–Trinajstić information content (AvgIpc) is 2.71. The molecule has 1 aromatic rings. The van der Waals surface area contributed by atoms with Crippen LogP contribution in [-0.4, -0.2) is 43.9 Å². The summed E-state index contributed by atoms with van der Waals surface area (Å²) in [6, 6.07) is -0.624. The topological polar surface area (TPSA) is 115 Å². The molecular weight excluding hydrogens is 288 g/mol. The standard InChI is InChI=1S/C14H18N4O4/c1-4-14(3)12(21)18(13(22)17-14)16-6-10-9(7-19)5-15-8(2)11(10)20/h5-6,19-20H,4,7H2,1-3H3,(H,17,22)/b16-6+/t14-/m1/s1. The van der Waals surface area contributed by atoms with E-state index in [1.165, 1.54) is 12.4 Å². The highest BCUT2D eigenvalue weighted by molar-refractivity contribution is 6.07. The summed E-state index contributed by atoms with van der Waals surface area (Å²) in [4.78, 5) is 28.0. The molecule has 0 bridgehead atoms. The van der Waals surface area contributed by atoms with E-state index < -0.39 is 17.5 Å². The number of pyridine rings is 1. The highest BCUT2D eigenvalue weighted by Gasteiger charge is 2.46. The minimum absolute atomic E-state index is 0.152. The molecule has 0 saturated carbocycles. The molecule has 8 heteroatoms. The molecule has 118 valence electrons. The van der Waals surface area contributed by atoms with E-state index in [1.54, 1.807) is 20.8 Å². The molecule has 2 rings (SSSR count). The van der Waals surface area contributed by atoms with Gasteiger partial charge in [0.2, 0.25) is 0 Å². The molecule has 8 nitrogen and oxygen atoms in total. The van der Waals surface area contributed by atoms with Crippen molar-refractivity contribution in [3.05, 3.63) is 23.0 Å². The maximum atomic E-state index is 12.2. The fraction of sp³-hybridized carbons (Fsp3) is 0.429. The van der Waals surface area contributed by atoms with Gasteiger partial charge in [-0.2, -0.15) is 5.10 Å². The van der Waals surface area contributed by atoms with Crippen LogP contribution in [0.15, 0.2) is 11.3 Å². The Morgan fingerprint density at radius 2 is 2.18 bits per heavy atom. The summed E-state index contributed by atoms with van der Waals surface area (Å²) in [5.41, 5.74) is -0.0585. The second-order valence-corrected chi connectivity index (χ2v) is 5.27. The number of aromatic nitrogens is 1. The maximum absolute atomic E-state index is 12.2. The maximum Gasteiger partial charge on any atom is 0.346 e. The van der Waals surface area contributed by atoms with E-state index in [0.717, 1.165) is 5.01 Å². The Morgan fingerprint density at radius 3 is 2.73 bits per heavy atom. The number of carbonyl (C=O) groups is 2. The van der Waals surface area contributed by atoms with Gasteiger partial charge in [0.1, 0.15) is 11.3 Å². The van der Waals surface area contributed by atoms with Gasteiger partial charge in [-0.1, -0.05) is 6.92 Å². The second-order valence-electron chi connectivity index (χ2n) is 5.27. The number of aromatic hydroxyl groups is 1. The first-order valence-electron chi connectivity index (χ1n) is 6.83. The Labute approximate surface area is 127 Å². The molecule has 0 aromatic carbocycles. The smallest absolute Gasteiger partial charge is 0.346 e. The van der Waals surface area contributed by atoms with E-state index in [0.29, 0.717) is 17.7 Å². The van der Waals surface area contributed by atoms with Crippen LogP contribution in [0.2, 0.25) is 0 Å². The molecule has 1 saturated heterocycles. The summed E-state index contributed by atoms with van der Waals surface area (Å²) in [6.07, 6.45) is 3.01. The fourth-order valence-electron chi connectivity index (χ4n) is 2.05. The Balaban J connectivity index is 2.36. The number of hydrogen-bond acceptors (Lipinski definition) is 6. The molecule has 1 aliphatic rings. The number of imide groups is 1. The molecule has 3 amide bonds. The molecule has 0 radical (unpaired) electrons. The predicted molar refractivity (Wildman–Crippen MR) is 78.2 cm³/mol. The third-order valence-electron chi connectivity index (χ3n) is 3.78. The zero-order chi connectivity index (χ0) is 16.5. The van der Waals surface area contributed by atoms with Gasteiger partial charge < -0.3 is 15.5 Å². The number of hydrazone groups is 1. The number of hydrogen-bond donors (Lipinski definition) is 3. The fourth-order valence-corrected chi connectivity index (χ4v) is 2.05. The first kappa shape index (κ1) is 15.9. The van der Waals surface area contributed by atoms with Crippen molar-refractivity contribution < 1.29 is 19.8 Å². The van der Waals surface area contributed by atoms with Crippen LogP contribution in [0.4, 0.5) is 4.79 Å². The van der Waals surface area contributed by atoms with Crippen molar-refractivity contribution in [3.63, 3.8) is 0 Å². The minimum Gasteiger partial charge on any atom is -0.505 e. The number of carbonyl (C=O) groups excluding carboxylic acids is 2. The van der Waals surface area contributed by atoms with Crippen LogP contribution in [0.1, 0.15) is 37.1 Å². The second kappa shape index (κ2) is 5.72. The summed E-state index contributed by atoms with van der Waals surface area (Å²) >= 11 is 0. The lowest BCUT2D eigenvalue weighted by Gasteiger charge is -2.17. The van der Waals surface area contributed by atoms with Gasteiger partial charge >= 0.3 is 6.03 Å². The van der Waals surface area contributed by atoms with Crippen LogP contribution in [0.3, 0.4) is 0 Å². The van der Waals surface area contributed by atoms with E-state index in [2.05, 4.69) is 15.4 Å². The Hall–Kier alpha value is -2.48. The van der Waals surface area contributed by atoms with Crippen molar-refractivity contribution in [2.45, 2.75) is 39.3 Å². The van der Waals surface area contributed by atoms with Gasteiger partial charge in [-0.15, -0.1) is 5.01 Å². The molecular formula is C14H18N4O4. The van der Waals surface area contributed by atoms with Crippen molar-refractivity contribution in [2.24, 2.45) is 5.10 Å². The van der Waals surface area contributed by atoms with Crippen LogP contribution in [0.25, 0.3) is 0 Å². The van der Waals surface area contributed by atoms with Gasteiger partial charge in [0.25, 0.3) is 5.91 Å². The van der Waals surface area contributed by atoms with E-state index in [9.17, 15) is 19.8 Å². The van der Waals surface area contributed by atoms with Crippen molar-refractivity contribution >= 4 is 18.2 Å². The van der Waals surface area contributed by atoms with Crippen molar-refractivity contribution in [1.82, 2.24) is 15.3 Å². The molecule has 0 unspecified atom stereocenters. The number of aliphatic hydroxyl groups is 1. The van der Waals surface area contributed by atoms with Crippen LogP contribution in [-0.2, 0) is 11.4 Å². The van der Waals surface area contributed by atoms with Gasteiger partial charge in [-0.25, -0.2) is 4.79 Å². The van der Waals surface area contributed by atoms with Crippen LogP contribution in [0, 0.1) is 6.92 Å². The number of rotatable bonds is 4. The van der Waals surface area contributed by atoms with E-state index in [-0.39, 0.29) is 17.9 Å². The number of aryl methyl sites for hydroxylation is 1. The molecule has 1 aliphatic heterocycles. The Kier molecular flexibility index (Phi) is 4.14. The SMILES string of the molecule is CC[C@@]1(C)NC(=O)N(/N=C/c2c(CO)cnc(C)c2O)C1=O. The molecule has 1 fully saturated rings. The van der Waals surface area contributed by atoms with Gasteiger partial charge in [-0.05, 0) is 20.3 Å². The largest absolute Gasteiger partial charge is 0.505 e. The quantitative estimate of drug-likeness (QED) is 0.558. The lowest BCUT2D eigenvalue weighted by molar-refractivity contribution is -0.130. The van der Waals surface area contributed by atoms with Crippen LogP contribution < -0.4 is 5.32 Å². The summed E-state index contributed by atoms with van der Waals surface area (Å²) in [6.45, 7) is 4.65. The minimum atomic E-state index is -0.982. The lowest BCUT2D eigenvalue weighted by Crippen LogP contribution is -2.42. The predicted octanol–water partition coefficient (Wildman–Crippen LogP) is 0.642. The van der Waals surface area contributed by atoms with Gasteiger partial charge in [0, 0.05) is 17.3 Å². The number of urea groups is 1. The lowest BCUT2D eigenvalue weighted by atomic mass is 10.00. The molecule has 22 heavy (non-hydrogen) atoms. The molecule has 1 atom stereocenters. The van der Waals surface area contributed by atoms with Crippen molar-refractivity contribution in [2.75, 3.05) is 0 Å². The first-order valence-corrected chi connectivity index (χ1v) is 6.83. The molecule has 0 spiro atoms. The highest BCUT2D eigenvalue weighted by atomic mass is 16.3. The van der Waals surface area contributed by atoms with Gasteiger partial charge in [-0.3, -0.25) is 9.78 Å². The van der Waals surface area contributed by atoms with Crippen LogP contribution in [0.5, 0.6) is 5.75 Å². The van der Waals surface area contributed by atoms with Gasteiger partial charge in [0.05, 0.1) is 18.5 Å². The molecule has 3 N–H and O–H groups in total. The van der Waals surface area contributed by atoms with E-state index in [4.69, 9.17) is 0 Å². The number of nitrogens with zero attached hydrogens (tertiary/aromatic N) is 3. The third-order valence-corrected chi connectivity index (χ3v) is 3.78. The Bertz CT molecular complexity index is 658. The summed E-state index contributed by atoms with van der Waals surface area (Å²) < 4.78 is 0.